The van der Waals surface area contributed by atoms with Crippen molar-refractivity contribution in [2.75, 3.05) is 19.7 Å². The number of ether oxygens (including phenoxy) is 1. The van der Waals surface area contributed by atoms with Crippen molar-refractivity contribution in [1.82, 2.24) is 30.6 Å². The minimum Gasteiger partial charge on any atom is -0.470 e. The SMILES string of the molecule is CC(C)C1CNCC[C@@]1(CCOc1nc2ccc(-c3ccncc3)nc2s1)c1cnno1. The molecule has 9 heteroatoms. The molecular formula is C23H26N6O2S. The number of fused-ring (bicyclic) bond motifs is 1. The lowest BCUT2D eigenvalue weighted by molar-refractivity contribution is 0.0902. The molecule has 0 aliphatic carbocycles. The first-order valence-corrected chi connectivity index (χ1v) is 11.8. The first-order valence-electron chi connectivity index (χ1n) is 10.9. The molecule has 0 spiro atoms. The molecule has 1 N–H and O–H groups in total. The average Bonchev–Trinajstić information content (AvgIpc) is 3.49. The fourth-order valence-electron chi connectivity index (χ4n) is 4.81. The minimum atomic E-state index is -0.146. The summed E-state index contributed by atoms with van der Waals surface area (Å²) in [4.78, 5) is 14.3. The third-order valence-electron chi connectivity index (χ3n) is 6.46. The Balaban J connectivity index is 1.34. The predicted molar refractivity (Wildman–Crippen MR) is 123 cm³/mol. The van der Waals surface area contributed by atoms with Gasteiger partial charge in [0.05, 0.1) is 18.5 Å². The van der Waals surface area contributed by atoms with Crippen LogP contribution in [0.4, 0.5) is 0 Å². The largest absolute Gasteiger partial charge is 0.470 e. The molecule has 0 radical (unpaired) electrons. The van der Waals surface area contributed by atoms with Gasteiger partial charge in [-0.05, 0) is 62.0 Å². The first-order chi connectivity index (χ1) is 15.7. The number of nitrogens with zero attached hydrogens (tertiary/aromatic N) is 5. The molecule has 0 saturated carbocycles. The van der Waals surface area contributed by atoms with Gasteiger partial charge in [0.2, 0.25) is 0 Å². The van der Waals surface area contributed by atoms with Crippen LogP contribution in [0, 0.1) is 11.8 Å². The lowest BCUT2D eigenvalue weighted by Gasteiger charge is -2.44. The standard InChI is InChI=1S/C23H26N6O2S/c1-15(2)17-13-25-11-7-23(17,20-14-26-29-31-20)8-12-30-22-28-19-4-3-18(27-21(19)32-22)16-5-9-24-10-6-16/h3-6,9-10,14-15,17,25H,7-8,11-13H2,1-2H3/t17?,23-/m0/s1. The van der Waals surface area contributed by atoms with E-state index in [4.69, 9.17) is 14.2 Å². The fraction of sp³-hybridized carbons (Fsp3) is 0.435. The van der Waals surface area contributed by atoms with Crippen molar-refractivity contribution in [1.29, 1.82) is 0 Å². The van der Waals surface area contributed by atoms with E-state index in [2.05, 4.69) is 39.5 Å². The van der Waals surface area contributed by atoms with Crippen molar-refractivity contribution >= 4 is 21.7 Å². The summed E-state index contributed by atoms with van der Waals surface area (Å²) in [6.45, 7) is 6.95. The molecule has 1 fully saturated rings. The molecule has 5 rings (SSSR count). The molecule has 8 nitrogen and oxygen atoms in total. The zero-order valence-corrected chi connectivity index (χ0v) is 19.0. The highest BCUT2D eigenvalue weighted by molar-refractivity contribution is 7.19. The van der Waals surface area contributed by atoms with Gasteiger partial charge in [-0.1, -0.05) is 25.2 Å². The molecule has 0 aromatic carbocycles. The predicted octanol–water partition coefficient (Wildman–Crippen LogP) is 4.11. The van der Waals surface area contributed by atoms with Crippen LogP contribution >= 0.6 is 11.3 Å². The Hall–Kier alpha value is -2.91. The molecule has 4 aromatic rings. The van der Waals surface area contributed by atoms with Crippen LogP contribution in [0.1, 0.15) is 32.4 Å². The van der Waals surface area contributed by atoms with Gasteiger partial charge in [-0.15, -0.1) is 5.10 Å². The maximum atomic E-state index is 6.15. The zero-order chi connectivity index (χ0) is 22.0. The number of thiazole rings is 1. The number of hydrogen-bond acceptors (Lipinski definition) is 9. The van der Waals surface area contributed by atoms with Crippen molar-refractivity contribution < 1.29 is 9.26 Å². The Bertz CT molecular complexity index is 1160. The molecule has 32 heavy (non-hydrogen) atoms. The summed E-state index contributed by atoms with van der Waals surface area (Å²) in [6.07, 6.45) is 7.09. The highest BCUT2D eigenvalue weighted by atomic mass is 32.1. The van der Waals surface area contributed by atoms with E-state index in [9.17, 15) is 0 Å². The monoisotopic (exact) mass is 450 g/mol. The Morgan fingerprint density at radius 3 is 2.88 bits per heavy atom. The Kier molecular flexibility index (Phi) is 5.84. The van der Waals surface area contributed by atoms with Gasteiger partial charge in [0.25, 0.3) is 5.19 Å². The normalized spacial score (nSPS) is 21.3. The van der Waals surface area contributed by atoms with E-state index < -0.39 is 0 Å². The Morgan fingerprint density at radius 2 is 2.09 bits per heavy atom. The maximum absolute atomic E-state index is 6.15. The van der Waals surface area contributed by atoms with Gasteiger partial charge in [-0.25, -0.2) is 9.97 Å². The summed E-state index contributed by atoms with van der Waals surface area (Å²) in [5.74, 6) is 1.76. The van der Waals surface area contributed by atoms with Crippen molar-refractivity contribution in [3.63, 3.8) is 0 Å². The molecule has 1 aliphatic rings. The fourth-order valence-corrected chi connectivity index (χ4v) is 5.63. The van der Waals surface area contributed by atoms with Crippen molar-refractivity contribution in [3.8, 4) is 16.5 Å². The summed E-state index contributed by atoms with van der Waals surface area (Å²) in [5, 5.41) is 11.9. The molecule has 166 valence electrons. The average molecular weight is 451 g/mol. The van der Waals surface area contributed by atoms with Gasteiger partial charge in [0, 0.05) is 28.6 Å². The lowest BCUT2D eigenvalue weighted by Crippen LogP contribution is -2.50. The van der Waals surface area contributed by atoms with Crippen LogP contribution in [0.2, 0.25) is 0 Å². The van der Waals surface area contributed by atoms with Crippen LogP contribution < -0.4 is 10.1 Å². The molecule has 2 atom stereocenters. The number of pyridine rings is 2. The molecule has 1 saturated heterocycles. The molecule has 1 unspecified atom stereocenters. The van der Waals surface area contributed by atoms with Crippen molar-refractivity contribution in [2.45, 2.75) is 32.1 Å². The topological polar surface area (TPSA) is 98.8 Å². The van der Waals surface area contributed by atoms with E-state index >= 15 is 0 Å². The maximum Gasteiger partial charge on any atom is 0.275 e. The molecule has 0 bridgehead atoms. The second-order valence-corrected chi connectivity index (χ2v) is 9.52. The molecule has 5 heterocycles. The molecule has 0 amide bonds. The minimum absolute atomic E-state index is 0.146. The highest BCUT2D eigenvalue weighted by Gasteiger charge is 2.46. The second-order valence-electron chi connectivity index (χ2n) is 8.58. The van der Waals surface area contributed by atoms with Crippen LogP contribution in [0.15, 0.2) is 47.4 Å². The Morgan fingerprint density at radius 1 is 1.22 bits per heavy atom. The molecule has 1 aliphatic heterocycles. The van der Waals surface area contributed by atoms with Crippen molar-refractivity contribution in [2.24, 2.45) is 11.8 Å². The zero-order valence-electron chi connectivity index (χ0n) is 18.2. The number of rotatable bonds is 7. The van der Waals surface area contributed by atoms with E-state index in [0.29, 0.717) is 23.6 Å². The van der Waals surface area contributed by atoms with Crippen molar-refractivity contribution in [3.05, 3.63) is 48.6 Å². The quantitative estimate of drug-likeness (QED) is 0.449. The van der Waals surface area contributed by atoms with Crippen LogP contribution in [0.3, 0.4) is 0 Å². The summed E-state index contributed by atoms with van der Waals surface area (Å²) >= 11 is 1.48. The van der Waals surface area contributed by atoms with Gasteiger partial charge >= 0.3 is 0 Å². The van der Waals surface area contributed by atoms with E-state index in [0.717, 1.165) is 53.3 Å². The molecule has 4 aromatic heterocycles. The van der Waals surface area contributed by atoms with E-state index in [1.54, 1.807) is 18.6 Å². The van der Waals surface area contributed by atoms with E-state index in [-0.39, 0.29) is 5.41 Å². The number of hydrogen-bond donors (Lipinski definition) is 1. The molecular weight excluding hydrogens is 424 g/mol. The van der Waals surface area contributed by atoms with Crippen LogP contribution in [-0.2, 0) is 5.41 Å². The third kappa shape index (κ3) is 3.98. The van der Waals surface area contributed by atoms with Crippen LogP contribution in [0.5, 0.6) is 5.19 Å². The third-order valence-corrected chi connectivity index (χ3v) is 7.34. The number of aromatic nitrogens is 5. The summed E-state index contributed by atoms with van der Waals surface area (Å²) in [6, 6.07) is 7.88. The van der Waals surface area contributed by atoms with Gasteiger partial charge in [0.1, 0.15) is 10.3 Å². The van der Waals surface area contributed by atoms with Gasteiger partial charge in [-0.3, -0.25) is 4.98 Å². The lowest BCUT2D eigenvalue weighted by atomic mass is 9.63. The first kappa shape index (κ1) is 21.0. The van der Waals surface area contributed by atoms with Gasteiger partial charge < -0.3 is 14.6 Å². The van der Waals surface area contributed by atoms with E-state index in [1.165, 1.54) is 11.3 Å². The van der Waals surface area contributed by atoms with E-state index in [1.807, 2.05) is 24.3 Å². The summed E-state index contributed by atoms with van der Waals surface area (Å²) in [7, 11) is 0. The Labute approximate surface area is 190 Å². The van der Waals surface area contributed by atoms with Crippen LogP contribution in [-0.4, -0.2) is 45.0 Å². The van der Waals surface area contributed by atoms with Gasteiger partial charge in [0.15, 0.2) is 5.76 Å². The smallest absolute Gasteiger partial charge is 0.275 e. The highest BCUT2D eigenvalue weighted by Crippen LogP contribution is 2.44. The summed E-state index contributed by atoms with van der Waals surface area (Å²) < 4.78 is 11.7. The number of piperidine rings is 1. The second kappa shape index (κ2) is 8.91. The number of nitrogens with one attached hydrogen (secondary N) is 1. The van der Waals surface area contributed by atoms with Gasteiger partial charge in [-0.2, -0.15) is 0 Å². The summed E-state index contributed by atoms with van der Waals surface area (Å²) in [5.41, 5.74) is 2.64. The van der Waals surface area contributed by atoms with Crippen LogP contribution in [0.25, 0.3) is 21.6 Å².